The molecule has 2 aromatic rings. The van der Waals surface area contributed by atoms with Crippen molar-refractivity contribution in [3.05, 3.63) is 47.8 Å². The van der Waals surface area contributed by atoms with Gasteiger partial charge >= 0.3 is 0 Å². The van der Waals surface area contributed by atoms with E-state index in [-0.39, 0.29) is 5.91 Å². The molecule has 1 aromatic heterocycles. The Labute approximate surface area is 206 Å². The fourth-order valence-electron chi connectivity index (χ4n) is 4.51. The Hall–Kier alpha value is -3.46. The van der Waals surface area contributed by atoms with Crippen molar-refractivity contribution in [2.75, 3.05) is 33.4 Å². The van der Waals surface area contributed by atoms with Crippen molar-refractivity contribution in [2.45, 2.75) is 46.2 Å². The van der Waals surface area contributed by atoms with Crippen LogP contribution in [0.25, 0.3) is 0 Å². The molecule has 2 aliphatic heterocycles. The van der Waals surface area contributed by atoms with Crippen LogP contribution in [0.4, 0.5) is 5.69 Å². The first-order chi connectivity index (χ1) is 16.9. The second-order valence-corrected chi connectivity index (χ2v) is 9.11. The van der Waals surface area contributed by atoms with Crippen molar-refractivity contribution in [1.29, 1.82) is 0 Å². The number of nitrogens with zero attached hydrogens (tertiary/aromatic N) is 5. The summed E-state index contributed by atoms with van der Waals surface area (Å²) >= 11 is 0. The summed E-state index contributed by atoms with van der Waals surface area (Å²) in [5.41, 5.74) is 1.92. The highest BCUT2D eigenvalue weighted by atomic mass is 16.5. The number of hydrogen-bond acceptors (Lipinski definition) is 8. The number of nitrogens with one attached hydrogen (secondary N) is 1. The Morgan fingerprint density at radius 3 is 2.69 bits per heavy atom. The van der Waals surface area contributed by atoms with Gasteiger partial charge in [-0.2, -0.15) is 0 Å². The first-order valence-corrected chi connectivity index (χ1v) is 12.1. The number of aromatic nitrogens is 1. The van der Waals surface area contributed by atoms with Crippen LogP contribution in [0.15, 0.2) is 46.6 Å². The molecule has 186 valence electrons. The molecule has 0 saturated carbocycles. The van der Waals surface area contributed by atoms with Crippen molar-refractivity contribution in [1.82, 2.24) is 20.1 Å². The van der Waals surface area contributed by atoms with Gasteiger partial charge in [0.2, 0.25) is 5.96 Å². The molecule has 0 unspecified atom stereocenters. The number of hydrogen-bond donors (Lipinski definition) is 1. The van der Waals surface area contributed by atoms with Gasteiger partial charge in [-0.25, -0.2) is 4.99 Å². The van der Waals surface area contributed by atoms with E-state index in [0.717, 1.165) is 24.4 Å². The van der Waals surface area contributed by atoms with Gasteiger partial charge in [-0.1, -0.05) is 0 Å². The van der Waals surface area contributed by atoms with Crippen molar-refractivity contribution in [3.8, 4) is 11.5 Å². The maximum atomic E-state index is 12.8. The van der Waals surface area contributed by atoms with Crippen molar-refractivity contribution < 1.29 is 14.3 Å². The van der Waals surface area contributed by atoms with Gasteiger partial charge in [-0.05, 0) is 58.4 Å². The molecule has 0 saturated heterocycles. The lowest BCUT2D eigenvalue weighted by Gasteiger charge is -2.30. The van der Waals surface area contributed by atoms with Crippen LogP contribution in [0.2, 0.25) is 0 Å². The summed E-state index contributed by atoms with van der Waals surface area (Å²) in [6.45, 7) is 11.6. The fraction of sp³-hybridized carbons (Fsp3) is 0.462. The summed E-state index contributed by atoms with van der Waals surface area (Å²) in [7, 11) is 1.61. The van der Waals surface area contributed by atoms with E-state index in [4.69, 9.17) is 14.5 Å². The quantitative estimate of drug-likeness (QED) is 0.555. The van der Waals surface area contributed by atoms with E-state index in [1.165, 1.54) is 6.20 Å². The molecule has 0 bridgehead atoms. The summed E-state index contributed by atoms with van der Waals surface area (Å²) < 4.78 is 11.9. The highest BCUT2D eigenvalue weighted by Crippen LogP contribution is 2.43. The Morgan fingerprint density at radius 1 is 1.20 bits per heavy atom. The summed E-state index contributed by atoms with van der Waals surface area (Å²) in [5.74, 6) is 2.07. The van der Waals surface area contributed by atoms with E-state index in [1.807, 2.05) is 17.0 Å². The predicted molar refractivity (Wildman–Crippen MR) is 137 cm³/mol. The van der Waals surface area contributed by atoms with Gasteiger partial charge in [-0.15, -0.1) is 0 Å². The van der Waals surface area contributed by atoms with Crippen LogP contribution in [0, 0.1) is 0 Å². The highest BCUT2D eigenvalue weighted by Gasteiger charge is 2.33. The summed E-state index contributed by atoms with van der Waals surface area (Å²) in [6, 6.07) is 8.28. The number of benzene rings is 1. The Balaban J connectivity index is 1.55. The van der Waals surface area contributed by atoms with Crippen molar-refractivity contribution >= 4 is 23.4 Å². The number of methoxy groups -OCH3 is 1. The minimum atomic E-state index is -0.280. The number of ether oxygens (including phenoxy) is 2. The Kier molecular flexibility index (Phi) is 7.65. The van der Waals surface area contributed by atoms with E-state index >= 15 is 0 Å². The Morgan fingerprint density at radius 2 is 2.00 bits per heavy atom. The third-order valence-corrected chi connectivity index (χ3v) is 6.15. The first-order valence-electron chi connectivity index (χ1n) is 12.1. The van der Waals surface area contributed by atoms with Crippen molar-refractivity contribution in [3.63, 3.8) is 0 Å². The molecule has 0 atom stereocenters. The lowest BCUT2D eigenvalue weighted by Crippen LogP contribution is -2.47. The summed E-state index contributed by atoms with van der Waals surface area (Å²) in [5, 5.41) is 2.92. The second-order valence-electron chi connectivity index (χ2n) is 9.11. The van der Waals surface area contributed by atoms with Crippen LogP contribution < -0.4 is 14.8 Å². The van der Waals surface area contributed by atoms with E-state index in [9.17, 15) is 4.79 Å². The van der Waals surface area contributed by atoms with Crippen LogP contribution in [-0.2, 0) is 0 Å². The van der Waals surface area contributed by atoms with Gasteiger partial charge in [0.05, 0.1) is 25.8 Å². The number of aliphatic imine (C=N–C) groups is 2. The molecule has 0 spiro atoms. The number of guanidine groups is 1. The normalized spacial score (nSPS) is 14.6. The lowest BCUT2D eigenvalue weighted by molar-refractivity contribution is 0.0973. The van der Waals surface area contributed by atoms with Gasteiger partial charge in [0, 0.05) is 43.1 Å². The SMILES string of the molecule is COc1c(OCCCN(C(C)C)C(C)C)ccc2c1N=C(NC(=O)c1cccnc1)N1CCN=C21. The minimum Gasteiger partial charge on any atom is -0.491 e. The minimum absolute atomic E-state index is 0.280. The predicted octanol–water partition coefficient (Wildman–Crippen LogP) is 3.47. The second kappa shape index (κ2) is 10.9. The van der Waals surface area contributed by atoms with Gasteiger partial charge < -0.3 is 9.47 Å². The molecule has 9 nitrogen and oxygen atoms in total. The van der Waals surface area contributed by atoms with E-state index in [2.05, 4.69) is 47.9 Å². The van der Waals surface area contributed by atoms with Crippen LogP contribution >= 0.6 is 0 Å². The molecule has 1 aromatic carbocycles. The maximum absolute atomic E-state index is 12.8. The molecule has 2 aliphatic rings. The molecular weight excluding hydrogens is 444 g/mol. The summed E-state index contributed by atoms with van der Waals surface area (Å²) in [4.78, 5) is 30.6. The van der Waals surface area contributed by atoms with Crippen molar-refractivity contribution in [2.24, 2.45) is 9.98 Å². The first kappa shape index (κ1) is 24.7. The molecule has 3 heterocycles. The summed E-state index contributed by atoms with van der Waals surface area (Å²) in [6.07, 6.45) is 4.05. The molecule has 0 radical (unpaired) electrons. The number of carbonyl (C=O) groups excluding carboxylic acids is 1. The third-order valence-electron chi connectivity index (χ3n) is 6.15. The van der Waals surface area contributed by atoms with Gasteiger partial charge in [0.25, 0.3) is 5.91 Å². The average Bonchev–Trinajstić information content (AvgIpc) is 3.34. The van der Waals surface area contributed by atoms with Crippen LogP contribution in [0.5, 0.6) is 11.5 Å². The average molecular weight is 479 g/mol. The molecule has 4 rings (SSSR count). The van der Waals surface area contributed by atoms with E-state index in [1.54, 1.807) is 25.4 Å². The smallest absolute Gasteiger partial charge is 0.259 e. The van der Waals surface area contributed by atoms with Crippen LogP contribution in [0.3, 0.4) is 0 Å². The molecule has 1 amide bonds. The monoisotopic (exact) mass is 478 g/mol. The van der Waals surface area contributed by atoms with Gasteiger partial charge in [0.15, 0.2) is 11.5 Å². The number of fused-ring (bicyclic) bond motifs is 3. The molecule has 0 fully saturated rings. The van der Waals surface area contributed by atoms with Crippen LogP contribution in [0.1, 0.15) is 50.0 Å². The van der Waals surface area contributed by atoms with Crippen LogP contribution in [-0.4, -0.2) is 77.9 Å². The lowest BCUT2D eigenvalue weighted by atomic mass is 10.1. The standard InChI is InChI=1S/C26H34N6O3/c1-17(2)31(18(3)4)13-7-15-35-21-10-9-20-22(23(21)34-5)29-26(32-14-12-28-24(20)32)30-25(33)19-8-6-11-27-16-19/h6,8-11,16-18H,7,12-15H2,1-5H3,(H,29,30,33). The molecule has 1 N–H and O–H groups in total. The zero-order valence-corrected chi connectivity index (χ0v) is 21.1. The third kappa shape index (κ3) is 5.30. The number of amidine groups is 1. The number of amides is 1. The number of rotatable bonds is 9. The molecular formula is C26H34N6O3. The Bertz CT molecular complexity index is 1110. The number of pyridine rings is 1. The highest BCUT2D eigenvalue weighted by molar-refractivity contribution is 6.20. The molecule has 35 heavy (non-hydrogen) atoms. The maximum Gasteiger partial charge on any atom is 0.259 e. The number of carbonyl (C=O) groups is 1. The van der Waals surface area contributed by atoms with E-state index < -0.39 is 0 Å². The zero-order valence-electron chi connectivity index (χ0n) is 21.1. The largest absolute Gasteiger partial charge is 0.491 e. The fourth-order valence-corrected chi connectivity index (χ4v) is 4.51. The topological polar surface area (TPSA) is 91.7 Å². The van der Waals surface area contributed by atoms with Gasteiger partial charge in [0.1, 0.15) is 11.5 Å². The van der Waals surface area contributed by atoms with E-state index in [0.29, 0.717) is 60.5 Å². The molecule has 0 aliphatic carbocycles. The zero-order chi connectivity index (χ0) is 24.9. The molecule has 9 heteroatoms. The van der Waals surface area contributed by atoms with Gasteiger partial charge in [-0.3, -0.25) is 29.9 Å².